The molecule has 0 aliphatic rings. The largest absolute Gasteiger partial charge is 0.497 e. The molecule has 21 heavy (non-hydrogen) atoms. The Hall–Kier alpha value is -2.42. The molecule has 3 nitrogen and oxygen atoms in total. The van der Waals surface area contributed by atoms with Crippen LogP contribution in [0.4, 0.5) is 0 Å². The van der Waals surface area contributed by atoms with Gasteiger partial charge in [0.05, 0.1) is 7.11 Å². The Bertz CT molecular complexity index is 632. The van der Waals surface area contributed by atoms with E-state index >= 15 is 0 Å². The summed E-state index contributed by atoms with van der Waals surface area (Å²) in [6.07, 6.45) is 0.173. The molecule has 0 amide bonds. The van der Waals surface area contributed by atoms with E-state index in [2.05, 4.69) is 0 Å². The van der Waals surface area contributed by atoms with E-state index in [4.69, 9.17) is 4.74 Å². The maximum atomic E-state index is 12.4. The molecule has 0 radical (unpaired) electrons. The van der Waals surface area contributed by atoms with Gasteiger partial charge in [0.15, 0.2) is 5.78 Å². The zero-order valence-electron chi connectivity index (χ0n) is 12.2. The molecule has 2 aromatic carbocycles. The highest BCUT2D eigenvalue weighted by Crippen LogP contribution is 2.24. The van der Waals surface area contributed by atoms with Crippen LogP contribution in [0.1, 0.15) is 35.2 Å². The summed E-state index contributed by atoms with van der Waals surface area (Å²) < 4.78 is 5.12. The van der Waals surface area contributed by atoms with Crippen LogP contribution < -0.4 is 4.74 Å². The highest BCUT2D eigenvalue weighted by molar-refractivity contribution is 6.00. The minimum absolute atomic E-state index is 0.00236. The third kappa shape index (κ3) is 3.78. The summed E-state index contributed by atoms with van der Waals surface area (Å²) in [7, 11) is 1.56. The van der Waals surface area contributed by atoms with Gasteiger partial charge in [-0.05, 0) is 24.6 Å². The molecule has 0 spiro atoms. The van der Waals surface area contributed by atoms with E-state index in [1.54, 1.807) is 31.4 Å². The minimum atomic E-state index is -0.398. The third-order valence-electron chi connectivity index (χ3n) is 3.47. The Morgan fingerprint density at radius 3 is 2.38 bits per heavy atom. The van der Waals surface area contributed by atoms with Crippen molar-refractivity contribution >= 4 is 11.6 Å². The van der Waals surface area contributed by atoms with Gasteiger partial charge in [-0.3, -0.25) is 9.59 Å². The molecule has 0 aliphatic carbocycles. The van der Waals surface area contributed by atoms with Crippen LogP contribution in [-0.2, 0) is 4.79 Å². The topological polar surface area (TPSA) is 43.4 Å². The zero-order chi connectivity index (χ0) is 15.2. The van der Waals surface area contributed by atoms with Gasteiger partial charge >= 0.3 is 0 Å². The number of carbonyl (C=O) groups is 2. The number of methoxy groups -OCH3 is 1. The molecular weight excluding hydrogens is 264 g/mol. The lowest BCUT2D eigenvalue weighted by molar-refractivity contribution is -0.118. The molecule has 0 unspecified atom stereocenters. The monoisotopic (exact) mass is 282 g/mol. The average molecular weight is 282 g/mol. The van der Waals surface area contributed by atoms with Crippen molar-refractivity contribution in [1.82, 2.24) is 0 Å². The van der Waals surface area contributed by atoms with Crippen molar-refractivity contribution in [2.45, 2.75) is 19.3 Å². The summed E-state index contributed by atoms with van der Waals surface area (Å²) in [6, 6.07) is 16.4. The van der Waals surface area contributed by atoms with Crippen molar-refractivity contribution in [3.8, 4) is 5.75 Å². The summed E-state index contributed by atoms with van der Waals surface area (Å²) in [4.78, 5) is 24.3. The van der Waals surface area contributed by atoms with E-state index in [1.165, 1.54) is 6.92 Å². The molecule has 0 aromatic heterocycles. The first-order valence-corrected chi connectivity index (χ1v) is 6.84. The second-order valence-electron chi connectivity index (χ2n) is 4.93. The Kier molecular flexibility index (Phi) is 4.88. The number of rotatable bonds is 6. The Morgan fingerprint density at radius 1 is 1.05 bits per heavy atom. The smallest absolute Gasteiger partial charge is 0.164 e. The number of ether oxygens (including phenoxy) is 1. The standard InChI is InChI=1S/C18H18O3/c1-13(19)17(14-7-4-3-5-8-14)12-18(20)15-9-6-10-16(11-15)21-2/h3-11,17H,12H2,1-2H3/t17-/m0/s1. The van der Waals surface area contributed by atoms with E-state index in [1.807, 2.05) is 30.3 Å². The van der Waals surface area contributed by atoms with Gasteiger partial charge in [-0.25, -0.2) is 0 Å². The van der Waals surface area contributed by atoms with Crippen LogP contribution in [0, 0.1) is 0 Å². The first kappa shape index (κ1) is 15.0. The molecule has 2 rings (SSSR count). The van der Waals surface area contributed by atoms with Crippen molar-refractivity contribution in [3.05, 3.63) is 65.7 Å². The van der Waals surface area contributed by atoms with E-state index < -0.39 is 5.92 Å². The van der Waals surface area contributed by atoms with Gasteiger partial charge < -0.3 is 4.74 Å². The van der Waals surface area contributed by atoms with Crippen LogP contribution in [0.15, 0.2) is 54.6 Å². The molecule has 0 heterocycles. The van der Waals surface area contributed by atoms with Crippen LogP contribution in [0.3, 0.4) is 0 Å². The van der Waals surface area contributed by atoms with Crippen LogP contribution in [0.25, 0.3) is 0 Å². The summed E-state index contributed by atoms with van der Waals surface area (Å²) >= 11 is 0. The van der Waals surface area contributed by atoms with Crippen molar-refractivity contribution in [1.29, 1.82) is 0 Å². The van der Waals surface area contributed by atoms with Crippen LogP contribution in [0.5, 0.6) is 5.75 Å². The van der Waals surface area contributed by atoms with Gasteiger partial charge in [0.2, 0.25) is 0 Å². The van der Waals surface area contributed by atoms with E-state index in [9.17, 15) is 9.59 Å². The van der Waals surface area contributed by atoms with E-state index in [0.717, 1.165) is 5.56 Å². The molecule has 0 aliphatic heterocycles. The summed E-state index contributed by atoms with van der Waals surface area (Å²) in [5.74, 6) is 0.181. The molecule has 0 saturated carbocycles. The zero-order valence-corrected chi connectivity index (χ0v) is 12.2. The van der Waals surface area contributed by atoms with Crippen molar-refractivity contribution < 1.29 is 14.3 Å². The first-order valence-electron chi connectivity index (χ1n) is 6.84. The van der Waals surface area contributed by atoms with Gasteiger partial charge in [-0.15, -0.1) is 0 Å². The fraction of sp³-hybridized carbons (Fsp3) is 0.222. The van der Waals surface area contributed by atoms with Crippen molar-refractivity contribution in [2.24, 2.45) is 0 Å². The lowest BCUT2D eigenvalue weighted by atomic mass is 9.89. The normalized spacial score (nSPS) is 11.7. The first-order chi connectivity index (χ1) is 10.1. The predicted octanol–water partition coefficient (Wildman–Crippen LogP) is 3.64. The van der Waals surface area contributed by atoms with Crippen LogP contribution in [0.2, 0.25) is 0 Å². The molecule has 1 atom stereocenters. The fourth-order valence-electron chi connectivity index (χ4n) is 2.28. The maximum Gasteiger partial charge on any atom is 0.164 e. The second kappa shape index (κ2) is 6.84. The molecule has 0 N–H and O–H groups in total. The molecule has 2 aromatic rings. The number of ketones is 2. The highest BCUT2D eigenvalue weighted by atomic mass is 16.5. The lowest BCUT2D eigenvalue weighted by Gasteiger charge is -2.13. The predicted molar refractivity (Wildman–Crippen MR) is 81.8 cm³/mol. The number of hydrogen-bond acceptors (Lipinski definition) is 3. The molecule has 0 saturated heterocycles. The average Bonchev–Trinajstić information content (AvgIpc) is 2.53. The SMILES string of the molecule is COc1cccc(C(=O)C[C@@H](C(C)=O)c2ccccc2)c1. The van der Waals surface area contributed by atoms with Gasteiger partial charge in [0, 0.05) is 17.9 Å². The molecule has 0 bridgehead atoms. The third-order valence-corrected chi connectivity index (χ3v) is 3.47. The van der Waals surface area contributed by atoms with Gasteiger partial charge in [-0.1, -0.05) is 42.5 Å². The van der Waals surface area contributed by atoms with Gasteiger partial charge in [-0.2, -0.15) is 0 Å². The highest BCUT2D eigenvalue weighted by Gasteiger charge is 2.21. The molecular formula is C18H18O3. The number of Topliss-reactive ketones (excluding diaryl/α,β-unsaturated/α-hetero) is 2. The van der Waals surface area contributed by atoms with Crippen molar-refractivity contribution in [2.75, 3.05) is 7.11 Å². The molecule has 108 valence electrons. The quantitative estimate of drug-likeness (QED) is 0.760. The lowest BCUT2D eigenvalue weighted by Crippen LogP contribution is -2.14. The Balaban J connectivity index is 2.21. The number of hydrogen-bond donors (Lipinski definition) is 0. The summed E-state index contributed by atoms with van der Waals surface area (Å²) in [5.41, 5.74) is 1.44. The number of benzene rings is 2. The molecule has 0 fully saturated rings. The van der Waals surface area contributed by atoms with Crippen molar-refractivity contribution in [3.63, 3.8) is 0 Å². The fourth-order valence-corrected chi connectivity index (χ4v) is 2.28. The Labute approximate surface area is 124 Å². The molecule has 3 heteroatoms. The summed E-state index contributed by atoms with van der Waals surface area (Å²) in [6.45, 7) is 1.52. The van der Waals surface area contributed by atoms with Crippen LogP contribution >= 0.6 is 0 Å². The van der Waals surface area contributed by atoms with Crippen LogP contribution in [-0.4, -0.2) is 18.7 Å². The second-order valence-corrected chi connectivity index (χ2v) is 4.93. The van der Waals surface area contributed by atoms with E-state index in [-0.39, 0.29) is 18.0 Å². The summed E-state index contributed by atoms with van der Waals surface area (Å²) in [5, 5.41) is 0. The van der Waals surface area contributed by atoms with E-state index in [0.29, 0.717) is 11.3 Å². The van der Waals surface area contributed by atoms with Gasteiger partial charge in [0.1, 0.15) is 11.5 Å². The van der Waals surface area contributed by atoms with Gasteiger partial charge in [0.25, 0.3) is 0 Å². The minimum Gasteiger partial charge on any atom is -0.497 e. The maximum absolute atomic E-state index is 12.4. The number of carbonyl (C=O) groups excluding carboxylic acids is 2. The Morgan fingerprint density at radius 2 is 1.76 bits per heavy atom.